The summed E-state index contributed by atoms with van der Waals surface area (Å²) in [4.78, 5) is 16.0. The van der Waals surface area contributed by atoms with Crippen LogP contribution < -0.4 is 5.01 Å². The Morgan fingerprint density at radius 3 is 2.54 bits per heavy atom. The fraction of sp³-hybridized carbons (Fsp3) is 0.125. The van der Waals surface area contributed by atoms with Crippen LogP contribution in [0.15, 0.2) is 89.0 Å². The summed E-state index contributed by atoms with van der Waals surface area (Å²) in [6.07, 6.45) is 2.76. The Morgan fingerprint density at radius 2 is 1.79 bits per heavy atom. The van der Waals surface area contributed by atoms with Gasteiger partial charge in [0.1, 0.15) is 0 Å². The lowest BCUT2D eigenvalue weighted by Gasteiger charge is -2.13. The van der Waals surface area contributed by atoms with E-state index in [1.807, 2.05) is 53.7 Å². The summed E-state index contributed by atoms with van der Waals surface area (Å²) < 4.78 is 0. The van der Waals surface area contributed by atoms with Crippen LogP contribution in [0.2, 0.25) is 0 Å². The minimum absolute atomic E-state index is 0.0439. The van der Waals surface area contributed by atoms with E-state index in [0.29, 0.717) is 5.56 Å². The molecular formula is C24H21N3O. The Balaban J connectivity index is 1.47. The van der Waals surface area contributed by atoms with Crippen LogP contribution in [0.1, 0.15) is 34.8 Å². The highest BCUT2D eigenvalue weighted by molar-refractivity contribution is 6.02. The molecule has 28 heavy (non-hydrogen) atoms. The van der Waals surface area contributed by atoms with Crippen LogP contribution >= 0.6 is 0 Å². The number of Topliss-reactive ketones (excluding diaryl/α,β-unsaturated/α-hetero) is 1. The molecule has 1 aliphatic heterocycles. The van der Waals surface area contributed by atoms with E-state index in [2.05, 4.69) is 29.3 Å². The van der Waals surface area contributed by atoms with Crippen LogP contribution in [-0.2, 0) is 0 Å². The predicted molar refractivity (Wildman–Crippen MR) is 115 cm³/mol. The number of aliphatic imine (C=N–C) groups is 1. The van der Waals surface area contributed by atoms with Crippen molar-refractivity contribution in [1.29, 1.82) is 0 Å². The van der Waals surface area contributed by atoms with Gasteiger partial charge in [-0.25, -0.2) is 0 Å². The van der Waals surface area contributed by atoms with Gasteiger partial charge in [0.05, 0.1) is 17.1 Å². The average molecular weight is 367 g/mol. The van der Waals surface area contributed by atoms with Crippen molar-refractivity contribution in [3.63, 3.8) is 0 Å². The molecule has 3 aromatic rings. The zero-order chi connectivity index (χ0) is 19.3. The zero-order valence-corrected chi connectivity index (χ0v) is 15.7. The van der Waals surface area contributed by atoms with Crippen molar-refractivity contribution in [3.05, 3.63) is 95.6 Å². The van der Waals surface area contributed by atoms with Gasteiger partial charge in [-0.3, -0.25) is 14.8 Å². The molecule has 0 spiro atoms. The Morgan fingerprint density at radius 1 is 1.00 bits per heavy atom. The first-order valence-corrected chi connectivity index (χ1v) is 9.35. The molecule has 0 unspecified atom stereocenters. The van der Waals surface area contributed by atoms with Crippen molar-refractivity contribution in [2.75, 3.05) is 11.6 Å². The van der Waals surface area contributed by atoms with E-state index >= 15 is 0 Å². The fourth-order valence-electron chi connectivity index (χ4n) is 3.16. The summed E-state index contributed by atoms with van der Waals surface area (Å²) >= 11 is 0. The van der Waals surface area contributed by atoms with Gasteiger partial charge < -0.3 is 0 Å². The van der Waals surface area contributed by atoms with Gasteiger partial charge in [-0.15, -0.1) is 0 Å². The number of anilines is 1. The van der Waals surface area contributed by atoms with Gasteiger partial charge >= 0.3 is 0 Å². The second-order valence-electron chi connectivity index (χ2n) is 6.74. The van der Waals surface area contributed by atoms with Gasteiger partial charge in [-0.1, -0.05) is 54.6 Å². The first kappa shape index (κ1) is 17.9. The molecule has 0 aliphatic carbocycles. The molecule has 3 aromatic carbocycles. The molecule has 4 rings (SSSR count). The number of hydrogen-bond acceptors (Lipinski definition) is 4. The SMILES string of the molecule is CC(=O)c1cccc(N=Cc2ccc(N3CCC(c4ccccc4)=N3)cc2)c1. The second-order valence-corrected chi connectivity index (χ2v) is 6.74. The molecule has 0 aromatic heterocycles. The van der Waals surface area contributed by atoms with Crippen molar-refractivity contribution in [2.24, 2.45) is 10.1 Å². The van der Waals surface area contributed by atoms with Crippen LogP contribution in [0, 0.1) is 0 Å². The maximum Gasteiger partial charge on any atom is 0.159 e. The molecule has 0 bridgehead atoms. The molecule has 4 nitrogen and oxygen atoms in total. The van der Waals surface area contributed by atoms with E-state index in [0.717, 1.165) is 35.6 Å². The lowest BCUT2D eigenvalue weighted by molar-refractivity contribution is 0.101. The maximum atomic E-state index is 11.5. The van der Waals surface area contributed by atoms with E-state index in [1.165, 1.54) is 5.56 Å². The summed E-state index contributed by atoms with van der Waals surface area (Å²) in [7, 11) is 0. The van der Waals surface area contributed by atoms with Crippen molar-refractivity contribution in [3.8, 4) is 0 Å². The van der Waals surface area contributed by atoms with Gasteiger partial charge in [0, 0.05) is 24.7 Å². The number of benzene rings is 3. The predicted octanol–water partition coefficient (Wildman–Crippen LogP) is 5.25. The van der Waals surface area contributed by atoms with Crippen molar-refractivity contribution < 1.29 is 4.79 Å². The molecule has 0 fully saturated rings. The molecular weight excluding hydrogens is 346 g/mol. The maximum absolute atomic E-state index is 11.5. The number of carbonyl (C=O) groups is 1. The minimum Gasteiger partial charge on any atom is -0.295 e. The zero-order valence-electron chi connectivity index (χ0n) is 15.7. The van der Waals surface area contributed by atoms with E-state index in [-0.39, 0.29) is 5.78 Å². The highest BCUT2D eigenvalue weighted by Crippen LogP contribution is 2.22. The smallest absolute Gasteiger partial charge is 0.159 e. The van der Waals surface area contributed by atoms with Crippen LogP contribution in [-0.4, -0.2) is 24.3 Å². The van der Waals surface area contributed by atoms with E-state index < -0.39 is 0 Å². The summed E-state index contributed by atoms with van der Waals surface area (Å²) in [6.45, 7) is 2.45. The number of ketones is 1. The van der Waals surface area contributed by atoms with Gasteiger partial charge in [-0.2, -0.15) is 5.10 Å². The van der Waals surface area contributed by atoms with E-state index in [4.69, 9.17) is 5.10 Å². The molecule has 0 N–H and O–H groups in total. The first-order chi connectivity index (χ1) is 13.7. The number of hydrazone groups is 1. The van der Waals surface area contributed by atoms with Crippen molar-refractivity contribution in [1.82, 2.24) is 0 Å². The molecule has 0 saturated carbocycles. The molecule has 0 saturated heterocycles. The highest BCUT2D eigenvalue weighted by atomic mass is 16.1. The third kappa shape index (κ3) is 4.07. The Hall–Kier alpha value is -3.53. The van der Waals surface area contributed by atoms with Crippen LogP contribution in [0.4, 0.5) is 11.4 Å². The van der Waals surface area contributed by atoms with Gasteiger partial charge in [0.25, 0.3) is 0 Å². The van der Waals surface area contributed by atoms with E-state index in [9.17, 15) is 4.79 Å². The lowest BCUT2D eigenvalue weighted by atomic mass is 10.1. The van der Waals surface area contributed by atoms with Crippen molar-refractivity contribution in [2.45, 2.75) is 13.3 Å². The molecule has 0 amide bonds. The molecule has 0 atom stereocenters. The van der Waals surface area contributed by atoms with Crippen LogP contribution in [0.5, 0.6) is 0 Å². The Bertz CT molecular complexity index is 1040. The lowest BCUT2D eigenvalue weighted by Crippen LogP contribution is -2.11. The standard InChI is InChI=1S/C24H21N3O/c1-18(28)21-8-5-9-22(16-21)25-17-19-10-12-23(13-11-19)27-15-14-24(26-27)20-6-3-2-4-7-20/h2-13,16-17H,14-15H2,1H3. The Kier molecular flexibility index (Phi) is 5.11. The molecule has 4 heteroatoms. The largest absolute Gasteiger partial charge is 0.295 e. The molecule has 0 radical (unpaired) electrons. The van der Waals surface area contributed by atoms with Gasteiger partial charge in [-0.05, 0) is 42.3 Å². The molecule has 138 valence electrons. The number of nitrogens with zero attached hydrogens (tertiary/aromatic N) is 3. The molecule has 1 aliphatic rings. The topological polar surface area (TPSA) is 45.0 Å². The van der Waals surface area contributed by atoms with Crippen LogP contribution in [0.25, 0.3) is 0 Å². The quantitative estimate of drug-likeness (QED) is 0.456. The molecule has 1 heterocycles. The summed E-state index contributed by atoms with van der Waals surface area (Å²) in [5.41, 5.74) is 5.82. The number of hydrogen-bond donors (Lipinski definition) is 0. The van der Waals surface area contributed by atoms with Gasteiger partial charge in [0.2, 0.25) is 0 Å². The van der Waals surface area contributed by atoms with Crippen LogP contribution in [0.3, 0.4) is 0 Å². The van der Waals surface area contributed by atoms with E-state index in [1.54, 1.807) is 19.1 Å². The third-order valence-electron chi connectivity index (χ3n) is 4.72. The number of carbonyl (C=O) groups excluding carboxylic acids is 1. The summed E-state index contributed by atoms with van der Waals surface area (Å²) in [6, 6.07) is 25.8. The average Bonchev–Trinajstić information content (AvgIpc) is 3.24. The van der Waals surface area contributed by atoms with Gasteiger partial charge in [0.15, 0.2) is 5.78 Å². The first-order valence-electron chi connectivity index (χ1n) is 9.35. The summed E-state index contributed by atoms with van der Waals surface area (Å²) in [5, 5.41) is 6.80. The summed E-state index contributed by atoms with van der Waals surface area (Å²) in [5.74, 6) is 0.0439. The normalized spacial score (nSPS) is 13.8. The minimum atomic E-state index is 0.0439. The monoisotopic (exact) mass is 367 g/mol. The fourth-order valence-corrected chi connectivity index (χ4v) is 3.16. The Labute approximate surface area is 164 Å². The second kappa shape index (κ2) is 8.01. The highest BCUT2D eigenvalue weighted by Gasteiger charge is 2.16. The third-order valence-corrected chi connectivity index (χ3v) is 4.72. The number of rotatable bonds is 5. The van der Waals surface area contributed by atoms with Crippen molar-refractivity contribution >= 4 is 29.1 Å².